The Labute approximate surface area is 82.6 Å². The van der Waals surface area contributed by atoms with Gasteiger partial charge in [-0.2, -0.15) is 0 Å². The summed E-state index contributed by atoms with van der Waals surface area (Å²) in [6, 6.07) is 3.24. The van der Waals surface area contributed by atoms with Gasteiger partial charge in [-0.1, -0.05) is 0 Å². The maximum absolute atomic E-state index is 10.5. The maximum atomic E-state index is 10.5. The van der Waals surface area contributed by atoms with Gasteiger partial charge in [0.2, 0.25) is 0 Å². The normalized spacial score (nSPS) is 13.0. The van der Waals surface area contributed by atoms with Crippen molar-refractivity contribution in [1.82, 2.24) is 0 Å². The highest BCUT2D eigenvalue weighted by Crippen LogP contribution is 2.34. The molecule has 1 aliphatic heterocycles. The van der Waals surface area contributed by atoms with Gasteiger partial charge in [-0.25, -0.2) is 0 Å². The first-order chi connectivity index (χ1) is 6.18. The molecule has 0 N–H and O–H groups in total. The van der Waals surface area contributed by atoms with Crippen LogP contribution in [0.5, 0.6) is 0 Å². The van der Waals surface area contributed by atoms with Crippen LogP contribution < -0.4 is 0 Å². The molecule has 13 heavy (non-hydrogen) atoms. The molecule has 4 nitrogen and oxygen atoms in total. The lowest BCUT2D eigenvalue weighted by molar-refractivity contribution is -0.385. The summed E-state index contributed by atoms with van der Waals surface area (Å²) < 4.78 is 0.516. The molecule has 0 atom stereocenters. The fourth-order valence-electron chi connectivity index (χ4n) is 1.26. The lowest BCUT2D eigenvalue weighted by Gasteiger charge is -1.99. The Hall–Kier alpha value is -1.23. The maximum Gasteiger partial charge on any atom is 0.285 e. The summed E-state index contributed by atoms with van der Waals surface area (Å²) in [5.41, 5.74) is 1.80. The van der Waals surface area contributed by atoms with Gasteiger partial charge in [-0.05, 0) is 27.6 Å². The van der Waals surface area contributed by atoms with Gasteiger partial charge >= 0.3 is 0 Å². The third-order valence-electron chi connectivity index (χ3n) is 1.89. The Balaban J connectivity index is 2.60. The van der Waals surface area contributed by atoms with E-state index in [4.69, 9.17) is 0 Å². The number of nitro benzene ring substituents is 1. The minimum Gasteiger partial charge on any atom is -0.260 e. The van der Waals surface area contributed by atoms with Crippen LogP contribution in [0.15, 0.2) is 21.6 Å². The number of fused-ring (bicyclic) bond motifs is 1. The molecule has 2 rings (SSSR count). The molecule has 0 aliphatic carbocycles. The van der Waals surface area contributed by atoms with Crippen molar-refractivity contribution in [3.8, 4) is 0 Å². The number of benzene rings is 1. The Morgan fingerprint density at radius 1 is 1.54 bits per heavy atom. The van der Waals surface area contributed by atoms with Gasteiger partial charge in [0, 0.05) is 18.7 Å². The third-order valence-corrected chi connectivity index (χ3v) is 2.52. The fraction of sp³-hybridized carbons (Fsp3) is 0.125. The van der Waals surface area contributed by atoms with E-state index in [1.165, 1.54) is 6.07 Å². The molecule has 66 valence electrons. The average molecular weight is 241 g/mol. The molecule has 0 saturated carbocycles. The molecule has 5 heteroatoms. The van der Waals surface area contributed by atoms with Crippen LogP contribution >= 0.6 is 15.9 Å². The van der Waals surface area contributed by atoms with Crippen molar-refractivity contribution < 1.29 is 4.92 Å². The van der Waals surface area contributed by atoms with Gasteiger partial charge in [0.15, 0.2) is 0 Å². The van der Waals surface area contributed by atoms with Crippen LogP contribution in [0.4, 0.5) is 11.4 Å². The largest absolute Gasteiger partial charge is 0.285 e. The molecule has 1 heterocycles. The van der Waals surface area contributed by atoms with E-state index in [9.17, 15) is 10.1 Å². The molecule has 0 fully saturated rings. The van der Waals surface area contributed by atoms with Crippen molar-refractivity contribution in [2.75, 3.05) is 0 Å². The fourth-order valence-corrected chi connectivity index (χ4v) is 1.79. The quantitative estimate of drug-likeness (QED) is 0.560. The topological polar surface area (TPSA) is 55.5 Å². The second-order valence-electron chi connectivity index (χ2n) is 2.71. The van der Waals surface area contributed by atoms with Crippen LogP contribution in [-0.4, -0.2) is 11.1 Å². The Kier molecular flexibility index (Phi) is 1.88. The monoisotopic (exact) mass is 240 g/mol. The second-order valence-corrected chi connectivity index (χ2v) is 3.56. The second kappa shape index (κ2) is 2.92. The molecule has 0 saturated heterocycles. The van der Waals surface area contributed by atoms with E-state index < -0.39 is 4.92 Å². The molecular weight excluding hydrogens is 236 g/mol. The van der Waals surface area contributed by atoms with Crippen molar-refractivity contribution in [3.05, 3.63) is 32.3 Å². The highest BCUT2D eigenvalue weighted by molar-refractivity contribution is 9.10. The number of rotatable bonds is 1. The van der Waals surface area contributed by atoms with Crippen LogP contribution in [0.25, 0.3) is 0 Å². The van der Waals surface area contributed by atoms with E-state index in [1.54, 1.807) is 12.3 Å². The molecule has 0 radical (unpaired) electrons. The van der Waals surface area contributed by atoms with E-state index in [2.05, 4.69) is 20.9 Å². The molecule has 0 amide bonds. The zero-order valence-corrected chi connectivity index (χ0v) is 8.11. The van der Waals surface area contributed by atoms with Crippen LogP contribution in [0.2, 0.25) is 0 Å². The molecule has 1 aromatic rings. The van der Waals surface area contributed by atoms with Crippen LogP contribution in [-0.2, 0) is 6.42 Å². The molecule has 0 aromatic heterocycles. The van der Waals surface area contributed by atoms with E-state index >= 15 is 0 Å². The van der Waals surface area contributed by atoms with Crippen molar-refractivity contribution in [1.29, 1.82) is 0 Å². The minimum atomic E-state index is -0.418. The minimum absolute atomic E-state index is 0.0674. The summed E-state index contributed by atoms with van der Waals surface area (Å²) in [4.78, 5) is 14.2. The first kappa shape index (κ1) is 8.37. The zero-order valence-electron chi connectivity index (χ0n) is 6.53. The van der Waals surface area contributed by atoms with Crippen LogP contribution in [0.1, 0.15) is 5.56 Å². The van der Waals surface area contributed by atoms with E-state index in [0.717, 1.165) is 12.0 Å². The lowest BCUT2D eigenvalue weighted by atomic mass is 10.1. The van der Waals surface area contributed by atoms with E-state index in [1.807, 2.05) is 0 Å². The number of hydrogen-bond acceptors (Lipinski definition) is 3. The van der Waals surface area contributed by atoms with Gasteiger partial charge in [0.25, 0.3) is 5.69 Å². The summed E-state index contributed by atoms with van der Waals surface area (Å²) >= 11 is 3.15. The smallest absolute Gasteiger partial charge is 0.260 e. The molecule has 0 spiro atoms. The highest BCUT2D eigenvalue weighted by Gasteiger charge is 2.17. The summed E-state index contributed by atoms with van der Waals surface area (Å²) in [6.45, 7) is 0. The predicted molar refractivity (Wildman–Crippen MR) is 52.7 cm³/mol. The number of nitrogens with zero attached hydrogens (tertiary/aromatic N) is 2. The molecule has 1 aliphatic rings. The van der Waals surface area contributed by atoms with Crippen molar-refractivity contribution in [3.63, 3.8) is 0 Å². The van der Waals surface area contributed by atoms with Crippen molar-refractivity contribution >= 4 is 33.5 Å². The predicted octanol–water partition coefficient (Wildman–Crippen LogP) is 2.62. The standard InChI is InChI=1S/C8H5BrN2O2/c9-6-3-5-1-2-10-7(5)4-8(6)11(12)13/h2-4H,1H2. The highest BCUT2D eigenvalue weighted by atomic mass is 79.9. The first-order valence-corrected chi connectivity index (χ1v) is 4.47. The molecule has 0 unspecified atom stereocenters. The number of nitro groups is 1. The Bertz CT molecular complexity index is 415. The Morgan fingerprint density at radius 3 is 3.00 bits per heavy atom. The van der Waals surface area contributed by atoms with Gasteiger partial charge in [-0.15, -0.1) is 0 Å². The van der Waals surface area contributed by atoms with Crippen LogP contribution in [0, 0.1) is 10.1 Å². The Morgan fingerprint density at radius 2 is 2.31 bits per heavy atom. The van der Waals surface area contributed by atoms with E-state index in [-0.39, 0.29) is 5.69 Å². The van der Waals surface area contributed by atoms with Gasteiger partial charge in [-0.3, -0.25) is 15.1 Å². The van der Waals surface area contributed by atoms with E-state index in [0.29, 0.717) is 10.2 Å². The molecule has 1 aromatic carbocycles. The summed E-state index contributed by atoms with van der Waals surface area (Å²) in [5, 5.41) is 10.5. The van der Waals surface area contributed by atoms with Gasteiger partial charge in [0.05, 0.1) is 15.1 Å². The van der Waals surface area contributed by atoms with Crippen molar-refractivity contribution in [2.45, 2.75) is 6.42 Å². The number of hydrogen-bond donors (Lipinski definition) is 0. The summed E-state index contributed by atoms with van der Waals surface area (Å²) in [6.07, 6.45) is 2.51. The number of aliphatic imine (C=N–C) groups is 1. The van der Waals surface area contributed by atoms with Gasteiger partial charge < -0.3 is 0 Å². The zero-order chi connectivity index (χ0) is 9.42. The average Bonchev–Trinajstić information content (AvgIpc) is 2.48. The summed E-state index contributed by atoms with van der Waals surface area (Å²) in [5.74, 6) is 0. The first-order valence-electron chi connectivity index (χ1n) is 3.68. The molecule has 0 bridgehead atoms. The third kappa shape index (κ3) is 1.35. The molecular formula is C8H5BrN2O2. The van der Waals surface area contributed by atoms with Crippen molar-refractivity contribution in [2.24, 2.45) is 4.99 Å². The van der Waals surface area contributed by atoms with Crippen LogP contribution in [0.3, 0.4) is 0 Å². The lowest BCUT2D eigenvalue weighted by Crippen LogP contribution is -1.90. The van der Waals surface area contributed by atoms with Gasteiger partial charge in [0.1, 0.15) is 0 Å². The summed E-state index contributed by atoms with van der Waals surface area (Å²) in [7, 11) is 0. The number of halogens is 1. The SMILES string of the molecule is O=[N+]([O-])c1cc2c(cc1Br)CC=N2.